The van der Waals surface area contributed by atoms with Crippen LogP contribution in [0.5, 0.6) is 11.5 Å². The summed E-state index contributed by atoms with van der Waals surface area (Å²) in [4.78, 5) is 30.0. The molecule has 7 heteroatoms. The number of ether oxygens (including phenoxy) is 2. The maximum Gasteiger partial charge on any atom is 0.241 e. The summed E-state index contributed by atoms with van der Waals surface area (Å²) < 4.78 is 12.2. The Morgan fingerprint density at radius 1 is 1.09 bits per heavy atom. The smallest absolute Gasteiger partial charge is 0.241 e. The molecule has 7 nitrogen and oxygen atoms in total. The minimum absolute atomic E-state index is 0.00827. The highest BCUT2D eigenvalue weighted by atomic mass is 16.5. The number of carbonyl (C=O) groups is 2. The first-order valence-corrected chi connectivity index (χ1v) is 12.6. The summed E-state index contributed by atoms with van der Waals surface area (Å²) in [7, 11) is 0. The predicted molar refractivity (Wildman–Crippen MR) is 127 cm³/mol. The second kappa shape index (κ2) is 5.99. The Kier molecular flexibility index (Phi) is 3.66. The van der Waals surface area contributed by atoms with E-state index < -0.39 is 22.1 Å². The fraction of sp³-hybridized carbons (Fsp3) is 0.630. The van der Waals surface area contributed by atoms with Crippen LogP contribution in [0.3, 0.4) is 0 Å². The molecule has 5 fully saturated rings. The average molecular weight is 464 g/mol. The van der Waals surface area contributed by atoms with Crippen molar-refractivity contribution in [3.8, 4) is 11.5 Å². The van der Waals surface area contributed by atoms with Crippen molar-refractivity contribution >= 4 is 17.5 Å². The van der Waals surface area contributed by atoms with E-state index in [-0.39, 0.29) is 23.1 Å². The van der Waals surface area contributed by atoms with Crippen LogP contribution >= 0.6 is 0 Å². The standard InChI is InChI=1S/C27H33N3O4/c1-23(2)10-12-33-20-17(34-23)8-7-16-19(20)28-22(32)27(16)14-25-15-30-11-6-5-9-26(30,21(31)29-25)13-18(25)24(27,3)4/h7-8,10,12,18H,5-6,9,11,13-15H2,1-4H3,(H,28,32)(H,29,31)/t18?,25-,26?,27+/m1/s1. The van der Waals surface area contributed by atoms with Gasteiger partial charge in [0.2, 0.25) is 11.8 Å². The van der Waals surface area contributed by atoms with Crippen LogP contribution in [-0.2, 0) is 15.0 Å². The van der Waals surface area contributed by atoms with E-state index in [1.54, 1.807) is 6.26 Å². The monoisotopic (exact) mass is 463 g/mol. The lowest BCUT2D eigenvalue weighted by Crippen LogP contribution is -2.80. The van der Waals surface area contributed by atoms with Crippen molar-refractivity contribution in [3.05, 3.63) is 30.0 Å². The third-order valence-corrected chi connectivity index (χ3v) is 10.1. The third kappa shape index (κ3) is 2.19. The average Bonchev–Trinajstić information content (AvgIpc) is 3.07. The van der Waals surface area contributed by atoms with Crippen molar-refractivity contribution < 1.29 is 19.1 Å². The van der Waals surface area contributed by atoms with E-state index in [4.69, 9.17) is 9.47 Å². The van der Waals surface area contributed by atoms with E-state index >= 15 is 0 Å². The van der Waals surface area contributed by atoms with Gasteiger partial charge in [0.1, 0.15) is 11.1 Å². The molecule has 1 aromatic carbocycles. The Morgan fingerprint density at radius 3 is 2.74 bits per heavy atom. The summed E-state index contributed by atoms with van der Waals surface area (Å²) in [6.07, 6.45) is 8.11. The van der Waals surface area contributed by atoms with Crippen LogP contribution in [-0.4, -0.2) is 46.5 Å². The van der Waals surface area contributed by atoms with Gasteiger partial charge < -0.3 is 20.1 Å². The number of hydrogen-bond acceptors (Lipinski definition) is 5. The largest absolute Gasteiger partial charge is 0.480 e. The molecule has 180 valence electrons. The van der Waals surface area contributed by atoms with Gasteiger partial charge in [0.15, 0.2) is 11.5 Å². The molecule has 7 aliphatic rings. The highest BCUT2D eigenvalue weighted by Gasteiger charge is 2.77. The summed E-state index contributed by atoms with van der Waals surface area (Å²) in [6, 6.07) is 3.99. The van der Waals surface area contributed by atoms with Crippen molar-refractivity contribution in [2.75, 3.05) is 18.4 Å². The molecule has 1 aromatic rings. The molecular weight excluding hydrogens is 430 g/mol. The minimum Gasteiger partial charge on any atom is -0.480 e. The van der Waals surface area contributed by atoms with Crippen LogP contribution in [0.2, 0.25) is 0 Å². The number of anilines is 1. The van der Waals surface area contributed by atoms with Crippen LogP contribution in [0, 0.1) is 11.3 Å². The number of piperidine rings is 3. The summed E-state index contributed by atoms with van der Waals surface area (Å²) in [5.74, 6) is 1.60. The van der Waals surface area contributed by atoms with Gasteiger partial charge in [-0.05, 0) is 81.5 Å². The zero-order chi connectivity index (χ0) is 23.7. The number of nitrogens with one attached hydrogen (secondary N) is 2. The summed E-state index contributed by atoms with van der Waals surface area (Å²) in [6.45, 7) is 10.2. The van der Waals surface area contributed by atoms with Gasteiger partial charge in [-0.25, -0.2) is 0 Å². The minimum atomic E-state index is -0.746. The third-order valence-electron chi connectivity index (χ3n) is 10.1. The van der Waals surface area contributed by atoms with E-state index in [2.05, 4.69) is 29.4 Å². The maximum absolute atomic E-state index is 14.0. The van der Waals surface area contributed by atoms with Gasteiger partial charge in [-0.2, -0.15) is 0 Å². The highest BCUT2D eigenvalue weighted by molar-refractivity contribution is 6.09. The first kappa shape index (κ1) is 20.8. The van der Waals surface area contributed by atoms with Gasteiger partial charge in [-0.1, -0.05) is 19.9 Å². The molecule has 34 heavy (non-hydrogen) atoms. The van der Waals surface area contributed by atoms with Crippen molar-refractivity contribution in [2.24, 2.45) is 11.3 Å². The molecular formula is C27H33N3O4. The molecule has 2 amide bonds. The van der Waals surface area contributed by atoms with Gasteiger partial charge in [0.05, 0.1) is 22.9 Å². The van der Waals surface area contributed by atoms with E-state index in [0.29, 0.717) is 23.6 Å². The molecule has 2 unspecified atom stereocenters. The first-order valence-electron chi connectivity index (χ1n) is 12.6. The summed E-state index contributed by atoms with van der Waals surface area (Å²) >= 11 is 0. The molecule has 0 radical (unpaired) electrons. The number of hydrogen-bond donors (Lipinski definition) is 2. The fourth-order valence-corrected chi connectivity index (χ4v) is 8.51. The Bertz CT molecular complexity index is 1190. The SMILES string of the molecule is CC1(C)C=COc2c(ccc3c2NC(=O)[C@]32C[C@@]34CN5CCCCC5(CC3C2(C)C)C(=O)N4)O1. The number of rotatable bonds is 0. The second-order valence-electron chi connectivity index (χ2n) is 12.5. The van der Waals surface area contributed by atoms with Gasteiger partial charge in [-0.3, -0.25) is 14.5 Å². The molecule has 1 aliphatic carbocycles. The highest BCUT2D eigenvalue weighted by Crippen LogP contribution is 2.70. The number of fused-ring (bicyclic) bond motifs is 5. The Labute approximate surface area is 200 Å². The van der Waals surface area contributed by atoms with E-state index in [0.717, 1.165) is 44.3 Å². The number of carbonyl (C=O) groups excluding carboxylic acids is 2. The quantitative estimate of drug-likeness (QED) is 0.616. The van der Waals surface area contributed by atoms with Gasteiger partial charge >= 0.3 is 0 Å². The molecule has 0 aromatic heterocycles. The van der Waals surface area contributed by atoms with Crippen LogP contribution in [0.15, 0.2) is 24.5 Å². The van der Waals surface area contributed by atoms with Crippen LogP contribution in [0.1, 0.15) is 65.4 Å². The molecule has 6 aliphatic heterocycles. The number of nitrogens with zero attached hydrogens (tertiary/aromatic N) is 1. The maximum atomic E-state index is 14.0. The lowest BCUT2D eigenvalue weighted by molar-refractivity contribution is -0.167. The van der Waals surface area contributed by atoms with E-state index in [1.165, 1.54) is 0 Å². The normalized spacial score (nSPS) is 40.3. The molecule has 8 rings (SSSR count). The fourth-order valence-electron chi connectivity index (χ4n) is 8.51. The van der Waals surface area contributed by atoms with Crippen LogP contribution < -0.4 is 20.1 Å². The van der Waals surface area contributed by atoms with Crippen molar-refractivity contribution in [1.29, 1.82) is 0 Å². The van der Waals surface area contributed by atoms with E-state index in [9.17, 15) is 9.59 Å². The van der Waals surface area contributed by atoms with Gasteiger partial charge in [0.25, 0.3) is 0 Å². The second-order valence-corrected chi connectivity index (χ2v) is 12.5. The molecule has 3 spiro atoms. The number of piperazine rings is 1. The Balaban J connectivity index is 1.39. The molecule has 4 saturated heterocycles. The van der Waals surface area contributed by atoms with E-state index in [1.807, 2.05) is 32.1 Å². The lowest BCUT2D eigenvalue weighted by Gasteiger charge is -2.63. The van der Waals surface area contributed by atoms with Gasteiger partial charge in [0, 0.05) is 6.54 Å². The topological polar surface area (TPSA) is 79.9 Å². The number of benzene rings is 1. The lowest BCUT2D eigenvalue weighted by atomic mass is 9.56. The van der Waals surface area contributed by atoms with Crippen LogP contribution in [0.25, 0.3) is 0 Å². The molecule has 6 heterocycles. The molecule has 1 saturated carbocycles. The number of amides is 2. The Hall–Kier alpha value is -2.54. The zero-order valence-corrected chi connectivity index (χ0v) is 20.4. The van der Waals surface area contributed by atoms with Crippen molar-refractivity contribution in [3.63, 3.8) is 0 Å². The summed E-state index contributed by atoms with van der Waals surface area (Å²) in [5.41, 5.74) is -0.726. The molecule has 2 N–H and O–H groups in total. The summed E-state index contributed by atoms with van der Waals surface area (Å²) in [5, 5.41) is 6.70. The van der Waals surface area contributed by atoms with Gasteiger partial charge in [-0.15, -0.1) is 0 Å². The molecule has 4 atom stereocenters. The first-order chi connectivity index (χ1) is 16.0. The Morgan fingerprint density at radius 2 is 1.91 bits per heavy atom. The zero-order valence-electron chi connectivity index (χ0n) is 20.4. The van der Waals surface area contributed by atoms with Crippen LogP contribution in [0.4, 0.5) is 5.69 Å². The van der Waals surface area contributed by atoms with Crippen molar-refractivity contribution in [1.82, 2.24) is 10.2 Å². The van der Waals surface area contributed by atoms with Crippen molar-refractivity contribution in [2.45, 2.75) is 81.9 Å². The predicted octanol–water partition coefficient (Wildman–Crippen LogP) is 3.48. The molecule has 2 bridgehead atoms.